The summed E-state index contributed by atoms with van der Waals surface area (Å²) in [5.74, 6) is 1.26. The van der Waals surface area contributed by atoms with Gasteiger partial charge in [-0.05, 0) is 98.3 Å². The number of rotatable bonds is 12. The fourth-order valence-electron chi connectivity index (χ4n) is 6.91. The van der Waals surface area contributed by atoms with Crippen LogP contribution in [0, 0.1) is 17.8 Å². The van der Waals surface area contributed by atoms with Crippen LogP contribution in [0.3, 0.4) is 0 Å². The largest absolute Gasteiger partial charge is 0.508 e. The summed E-state index contributed by atoms with van der Waals surface area (Å²) in [5, 5.41) is 0. The van der Waals surface area contributed by atoms with Crippen molar-refractivity contribution in [2.24, 2.45) is 17.8 Å². The molecule has 0 spiro atoms. The van der Waals surface area contributed by atoms with Crippen molar-refractivity contribution in [3.05, 3.63) is 65.2 Å². The molecule has 1 heterocycles. The van der Waals surface area contributed by atoms with E-state index in [4.69, 9.17) is 28.4 Å². The van der Waals surface area contributed by atoms with Crippen molar-refractivity contribution >= 4 is 12.1 Å². The maximum absolute atomic E-state index is 12.4. The smallest absolute Gasteiger partial charge is 0.482 e. The minimum absolute atomic E-state index is 0.113. The van der Waals surface area contributed by atoms with Crippen LogP contribution in [0.2, 0.25) is 0 Å². The summed E-state index contributed by atoms with van der Waals surface area (Å²) in [5.41, 5.74) is 3.30. The first-order valence-corrected chi connectivity index (χ1v) is 15.5. The Balaban J connectivity index is 1.22. The van der Waals surface area contributed by atoms with E-state index in [2.05, 4.69) is 13.0 Å². The quantitative estimate of drug-likeness (QED) is 0.266. The van der Waals surface area contributed by atoms with Crippen LogP contribution in [-0.4, -0.2) is 50.9 Å². The van der Waals surface area contributed by atoms with Crippen molar-refractivity contribution in [2.75, 3.05) is 20.3 Å². The number of esters is 1. The minimum atomic E-state index is -0.627. The van der Waals surface area contributed by atoms with Crippen LogP contribution in [0.25, 0.3) is 0 Å². The monoisotopic (exact) mass is 580 g/mol. The number of ether oxygens (including phenoxy) is 6. The molecule has 5 rings (SSSR count). The van der Waals surface area contributed by atoms with Gasteiger partial charge in [0.1, 0.15) is 18.5 Å². The first-order chi connectivity index (χ1) is 20.5. The Morgan fingerprint density at radius 3 is 2.67 bits per heavy atom. The molecule has 2 aromatic carbocycles. The maximum atomic E-state index is 12.4. The Hall–Kier alpha value is -3.10. The molecule has 0 amide bonds. The lowest BCUT2D eigenvalue weighted by molar-refractivity contribution is -0.190. The van der Waals surface area contributed by atoms with E-state index >= 15 is 0 Å². The summed E-state index contributed by atoms with van der Waals surface area (Å²) in [6.45, 7) is 3.00. The van der Waals surface area contributed by atoms with Crippen LogP contribution in [0.1, 0.15) is 68.6 Å². The van der Waals surface area contributed by atoms with Gasteiger partial charge in [-0.15, -0.1) is 0 Å². The van der Waals surface area contributed by atoms with Crippen LogP contribution in [0.5, 0.6) is 5.75 Å². The van der Waals surface area contributed by atoms with E-state index in [-0.39, 0.29) is 37.6 Å². The van der Waals surface area contributed by atoms with Crippen LogP contribution in [-0.2, 0) is 47.9 Å². The lowest BCUT2D eigenvalue weighted by Gasteiger charge is -2.33. The molecule has 2 fully saturated rings. The highest BCUT2D eigenvalue weighted by molar-refractivity contribution is 5.71. The number of methoxy groups -OCH3 is 1. The summed E-state index contributed by atoms with van der Waals surface area (Å²) in [4.78, 5) is 24.6. The van der Waals surface area contributed by atoms with E-state index in [1.165, 1.54) is 12.7 Å². The second kappa shape index (κ2) is 14.9. The van der Waals surface area contributed by atoms with Crippen molar-refractivity contribution in [3.63, 3.8) is 0 Å². The first kappa shape index (κ1) is 30.4. The highest BCUT2D eigenvalue weighted by Crippen LogP contribution is 2.49. The second-order valence-electron chi connectivity index (χ2n) is 11.7. The Bertz CT molecular complexity index is 1160. The molecule has 1 unspecified atom stereocenters. The van der Waals surface area contributed by atoms with Gasteiger partial charge in [-0.2, -0.15) is 0 Å². The lowest BCUT2D eigenvalue weighted by atomic mass is 9.73. The molecule has 0 bridgehead atoms. The van der Waals surface area contributed by atoms with Crippen LogP contribution < -0.4 is 4.74 Å². The molecule has 228 valence electrons. The number of hydrogen-bond acceptors (Lipinski definition) is 8. The summed E-state index contributed by atoms with van der Waals surface area (Å²) in [6, 6.07) is 15.7. The summed E-state index contributed by atoms with van der Waals surface area (Å²) in [6.07, 6.45) is 7.55. The summed E-state index contributed by atoms with van der Waals surface area (Å²) < 4.78 is 34.3. The Morgan fingerprint density at radius 1 is 1.05 bits per heavy atom. The highest BCUT2D eigenvalue weighted by atomic mass is 16.7. The predicted octanol–water partition coefficient (Wildman–Crippen LogP) is 6.41. The zero-order chi connectivity index (χ0) is 29.3. The van der Waals surface area contributed by atoms with Crippen molar-refractivity contribution in [3.8, 4) is 5.75 Å². The van der Waals surface area contributed by atoms with Gasteiger partial charge in [0.2, 0.25) is 0 Å². The summed E-state index contributed by atoms with van der Waals surface area (Å²) in [7, 11) is 1.36. The van der Waals surface area contributed by atoms with Gasteiger partial charge >= 0.3 is 12.1 Å². The molecule has 0 N–H and O–H groups in total. The number of carbonyl (C=O) groups excluding carboxylic acids is 2. The Morgan fingerprint density at radius 2 is 1.90 bits per heavy atom. The number of benzene rings is 2. The van der Waals surface area contributed by atoms with Crippen molar-refractivity contribution in [1.82, 2.24) is 0 Å². The van der Waals surface area contributed by atoms with Crippen molar-refractivity contribution in [1.29, 1.82) is 0 Å². The minimum Gasteiger partial charge on any atom is -0.482 e. The Kier molecular flexibility index (Phi) is 10.8. The molecule has 1 saturated heterocycles. The van der Waals surface area contributed by atoms with Crippen LogP contribution >= 0.6 is 0 Å². The SMILES string of the molecule is CC[C@@H](CC[C@@H]1[C@H]2Cc3cccc(OCC(=O)OCc4ccccc4)c3C[C@H]2C[C@H]1OC(=O)OC)OC1CCCCO1. The molecular weight excluding hydrogens is 536 g/mol. The van der Waals surface area contributed by atoms with Gasteiger partial charge in [0.15, 0.2) is 12.9 Å². The fourth-order valence-corrected chi connectivity index (χ4v) is 6.91. The van der Waals surface area contributed by atoms with Crippen molar-refractivity contribution in [2.45, 2.75) is 89.8 Å². The summed E-state index contributed by atoms with van der Waals surface area (Å²) >= 11 is 0. The maximum Gasteiger partial charge on any atom is 0.508 e. The topological polar surface area (TPSA) is 89.5 Å². The number of carbonyl (C=O) groups is 2. The third kappa shape index (κ3) is 7.84. The molecule has 42 heavy (non-hydrogen) atoms. The Labute approximate surface area is 249 Å². The lowest BCUT2D eigenvalue weighted by Crippen LogP contribution is -2.31. The molecule has 0 aromatic heterocycles. The fraction of sp³-hybridized carbons (Fsp3) is 0.588. The number of fused-ring (bicyclic) bond motifs is 2. The zero-order valence-corrected chi connectivity index (χ0v) is 24.8. The average Bonchev–Trinajstić information content (AvgIpc) is 3.36. The van der Waals surface area contributed by atoms with Crippen LogP contribution in [0.15, 0.2) is 48.5 Å². The van der Waals surface area contributed by atoms with Gasteiger partial charge in [-0.25, -0.2) is 9.59 Å². The zero-order valence-electron chi connectivity index (χ0n) is 24.8. The van der Waals surface area contributed by atoms with Crippen molar-refractivity contribution < 1.29 is 38.0 Å². The average molecular weight is 581 g/mol. The molecule has 3 aliphatic rings. The third-order valence-electron chi connectivity index (χ3n) is 9.08. The van der Waals surface area contributed by atoms with Gasteiger partial charge in [-0.1, -0.05) is 49.4 Å². The normalized spacial score (nSPS) is 25.5. The highest BCUT2D eigenvalue weighted by Gasteiger charge is 2.47. The molecule has 8 heteroatoms. The van der Waals surface area contributed by atoms with E-state index < -0.39 is 12.1 Å². The molecule has 1 saturated carbocycles. The van der Waals surface area contributed by atoms with Gasteiger partial charge in [0.05, 0.1) is 13.2 Å². The van der Waals surface area contributed by atoms with Gasteiger partial charge < -0.3 is 28.4 Å². The van der Waals surface area contributed by atoms with E-state index in [1.807, 2.05) is 42.5 Å². The van der Waals surface area contributed by atoms with E-state index in [0.717, 1.165) is 81.3 Å². The first-order valence-electron chi connectivity index (χ1n) is 15.5. The van der Waals surface area contributed by atoms with Gasteiger partial charge in [0.25, 0.3) is 0 Å². The molecule has 6 atom stereocenters. The van der Waals surface area contributed by atoms with E-state index in [1.54, 1.807) is 0 Å². The predicted molar refractivity (Wildman–Crippen MR) is 156 cm³/mol. The van der Waals surface area contributed by atoms with Crippen LogP contribution in [0.4, 0.5) is 4.79 Å². The number of hydrogen-bond donors (Lipinski definition) is 0. The molecule has 2 aliphatic carbocycles. The van der Waals surface area contributed by atoms with Gasteiger partial charge in [0, 0.05) is 6.61 Å². The molecule has 2 aromatic rings. The molecule has 0 radical (unpaired) electrons. The second-order valence-corrected chi connectivity index (χ2v) is 11.7. The standard InChI is InChI=1S/C34H44O8/c1-3-26(41-33-14-7-8-17-38-33)15-16-27-28-18-24-12-9-13-30(29(24)19-25(28)20-31(27)42-34(36)37-2)39-22-32(35)40-21-23-10-5-4-6-11-23/h4-6,9-13,25-28,31,33H,3,7-8,14-22H2,1-2H3/t25-,26-,27+,28-,31+,33?/m0/s1. The van der Waals surface area contributed by atoms with E-state index in [0.29, 0.717) is 11.8 Å². The molecular formula is C34H44O8. The third-order valence-corrected chi connectivity index (χ3v) is 9.08. The van der Waals surface area contributed by atoms with E-state index in [9.17, 15) is 9.59 Å². The van der Waals surface area contributed by atoms with Gasteiger partial charge in [-0.3, -0.25) is 0 Å². The molecule has 8 nitrogen and oxygen atoms in total. The molecule has 1 aliphatic heterocycles.